The highest BCUT2D eigenvalue weighted by Crippen LogP contribution is 2.54. The summed E-state index contributed by atoms with van der Waals surface area (Å²) in [5, 5.41) is 48.6. The van der Waals surface area contributed by atoms with Gasteiger partial charge in [-0.1, -0.05) is 20.8 Å². The van der Waals surface area contributed by atoms with E-state index in [2.05, 4.69) is 5.32 Å². The number of nitrogens with two attached hydrogens (primary N) is 1. The summed E-state index contributed by atoms with van der Waals surface area (Å²) in [6, 6.07) is 0.629. The minimum atomic E-state index is -2.42. The lowest BCUT2D eigenvalue weighted by Crippen LogP contribution is -2.62. The minimum absolute atomic E-state index is 0.00626. The Kier molecular flexibility index (Phi) is 7.21. The number of aliphatic hydroxyl groups excluding tert-OH is 2. The number of fused-ring (bicyclic) bond motifs is 3. The van der Waals surface area contributed by atoms with Crippen LogP contribution in [0.15, 0.2) is 28.7 Å². The summed E-state index contributed by atoms with van der Waals surface area (Å²) in [5.41, 5.74) is 4.49. The molecule has 4 atom stereocenters. The number of phenols is 1. The number of Topliss-reactive ketones (excluding diaryl/α,β-unsaturated/α-hetero) is 1. The molecule has 2 amide bonds. The van der Waals surface area contributed by atoms with Gasteiger partial charge in [-0.3, -0.25) is 19.3 Å². The number of amides is 2. The molecule has 0 aliphatic heterocycles. The van der Waals surface area contributed by atoms with Crippen molar-refractivity contribution in [2.45, 2.75) is 51.7 Å². The number of hydrogen-bond donors (Lipinski definition) is 6. The van der Waals surface area contributed by atoms with Crippen molar-refractivity contribution < 1.29 is 34.8 Å². The number of carbonyl (C=O) groups excluding carboxylic acids is 3. The normalized spacial score (nSPS) is 26.3. The van der Waals surface area contributed by atoms with Crippen molar-refractivity contribution in [2.24, 2.45) is 23.0 Å². The number of primary amides is 1. The van der Waals surface area contributed by atoms with Crippen LogP contribution in [0.1, 0.15) is 48.7 Å². The maximum Gasteiger partial charge on any atom is 0.255 e. The van der Waals surface area contributed by atoms with Crippen molar-refractivity contribution >= 4 is 23.3 Å². The van der Waals surface area contributed by atoms with Gasteiger partial charge in [0.15, 0.2) is 11.4 Å². The van der Waals surface area contributed by atoms with E-state index in [1.807, 2.05) is 39.8 Å². The molecule has 11 heteroatoms. The first-order valence-electron chi connectivity index (χ1n) is 13.3. The highest BCUT2D eigenvalue weighted by Gasteiger charge is 2.61. The molecule has 0 unspecified atom stereocenters. The lowest BCUT2D eigenvalue weighted by Gasteiger charge is -2.51. The number of hydrogen-bond acceptors (Lipinski definition) is 9. The fraction of sp³-hybridized carbons (Fsp3) is 0.552. The number of aliphatic hydroxyl groups is 3. The molecule has 0 aromatic heterocycles. The van der Waals surface area contributed by atoms with Crippen LogP contribution in [0, 0.1) is 17.3 Å². The van der Waals surface area contributed by atoms with E-state index in [-0.39, 0.29) is 35.5 Å². The van der Waals surface area contributed by atoms with Gasteiger partial charge in [0.05, 0.1) is 11.6 Å². The van der Waals surface area contributed by atoms with Gasteiger partial charge >= 0.3 is 0 Å². The zero-order chi connectivity index (χ0) is 30.1. The van der Waals surface area contributed by atoms with Crippen LogP contribution in [0.4, 0.5) is 5.69 Å². The maximum absolute atomic E-state index is 13.2. The van der Waals surface area contributed by atoms with Gasteiger partial charge in [-0.25, -0.2) is 0 Å². The average Bonchev–Trinajstić information content (AvgIpc) is 2.83. The molecule has 0 radical (unpaired) electrons. The highest BCUT2D eigenvalue weighted by atomic mass is 16.4. The van der Waals surface area contributed by atoms with Crippen LogP contribution in [0.3, 0.4) is 0 Å². The Morgan fingerprint density at radius 2 is 1.73 bits per heavy atom. The molecule has 218 valence electrons. The Bertz CT molecular complexity index is 1350. The molecule has 0 fully saturated rings. The summed E-state index contributed by atoms with van der Waals surface area (Å²) in [5.74, 6) is -5.40. The first kappa shape index (κ1) is 29.4. The average molecular weight is 557 g/mol. The number of carbonyl (C=O) groups is 3. The van der Waals surface area contributed by atoms with Crippen LogP contribution in [0.5, 0.6) is 5.75 Å². The summed E-state index contributed by atoms with van der Waals surface area (Å²) in [6.45, 7) is 6.33. The summed E-state index contributed by atoms with van der Waals surface area (Å²) >= 11 is 0. The highest BCUT2D eigenvalue weighted by molar-refractivity contribution is 6.22. The maximum atomic E-state index is 13.2. The van der Waals surface area contributed by atoms with Gasteiger partial charge in [-0.2, -0.15) is 0 Å². The number of nitrogens with one attached hydrogen (secondary N) is 1. The summed E-state index contributed by atoms with van der Waals surface area (Å²) in [6.07, 6.45) is 0.558. The van der Waals surface area contributed by atoms with Gasteiger partial charge in [0, 0.05) is 44.2 Å². The lowest BCUT2D eigenvalue weighted by molar-refractivity contribution is -0.136. The second kappa shape index (κ2) is 9.81. The number of phenolic OH excluding ortho intramolecular Hbond substituents is 1. The first-order chi connectivity index (χ1) is 18.4. The number of rotatable bonds is 5. The SMILES string of the molecule is CN(C)c1cc(C(=O)NCC(C)(C)C)c(O)c2c1C[C@H]1C[C@H]3[C@H](N(C)C)C(=O)C(C(N)=O)=C(O)[C@@]3(O)C(O)=C1C2. The van der Waals surface area contributed by atoms with Crippen LogP contribution in [0.2, 0.25) is 0 Å². The van der Waals surface area contributed by atoms with E-state index < -0.39 is 52.2 Å². The molecule has 1 aromatic rings. The van der Waals surface area contributed by atoms with E-state index >= 15 is 0 Å². The van der Waals surface area contributed by atoms with E-state index in [4.69, 9.17) is 5.73 Å². The first-order valence-corrected chi connectivity index (χ1v) is 13.3. The van der Waals surface area contributed by atoms with Crippen molar-refractivity contribution in [1.29, 1.82) is 0 Å². The molecule has 11 nitrogen and oxygen atoms in total. The Morgan fingerprint density at radius 1 is 1.10 bits per heavy atom. The number of anilines is 1. The summed E-state index contributed by atoms with van der Waals surface area (Å²) in [7, 11) is 6.90. The summed E-state index contributed by atoms with van der Waals surface area (Å²) in [4.78, 5) is 41.9. The molecule has 7 N–H and O–H groups in total. The Morgan fingerprint density at radius 3 is 2.25 bits per heavy atom. The van der Waals surface area contributed by atoms with Crippen LogP contribution in [0.25, 0.3) is 0 Å². The predicted octanol–water partition coefficient (Wildman–Crippen LogP) is 1.32. The van der Waals surface area contributed by atoms with Gasteiger partial charge < -0.3 is 36.4 Å². The lowest BCUT2D eigenvalue weighted by atomic mass is 9.59. The molecular formula is C29H40N4O7. The van der Waals surface area contributed by atoms with E-state index in [0.717, 1.165) is 11.3 Å². The van der Waals surface area contributed by atoms with Crippen LogP contribution in [-0.4, -0.2) is 89.3 Å². The Balaban J connectivity index is 1.89. The largest absolute Gasteiger partial charge is 0.509 e. The molecule has 4 rings (SSSR count). The number of ketones is 1. The molecule has 0 heterocycles. The topological polar surface area (TPSA) is 177 Å². The van der Waals surface area contributed by atoms with Gasteiger partial charge in [-0.15, -0.1) is 0 Å². The molecule has 0 bridgehead atoms. The van der Waals surface area contributed by atoms with Gasteiger partial charge in [0.2, 0.25) is 0 Å². The number of likely N-dealkylation sites (N-methyl/N-ethyl adjacent to an activating group) is 1. The van der Waals surface area contributed by atoms with Crippen LogP contribution < -0.4 is 16.0 Å². The van der Waals surface area contributed by atoms with E-state index in [0.29, 0.717) is 24.1 Å². The second-order valence-electron chi connectivity index (χ2n) is 12.8. The third kappa shape index (κ3) is 4.50. The van der Waals surface area contributed by atoms with E-state index in [9.17, 15) is 34.8 Å². The van der Waals surface area contributed by atoms with Gasteiger partial charge in [0.25, 0.3) is 11.8 Å². The Hall–Kier alpha value is -3.57. The van der Waals surface area contributed by atoms with Crippen LogP contribution >= 0.6 is 0 Å². The monoisotopic (exact) mass is 556 g/mol. The Labute approximate surface area is 233 Å². The molecule has 3 aliphatic rings. The third-order valence-electron chi connectivity index (χ3n) is 8.35. The van der Waals surface area contributed by atoms with Crippen molar-refractivity contribution in [3.05, 3.63) is 45.4 Å². The number of aromatic hydroxyl groups is 1. The number of nitrogens with zero attached hydrogens (tertiary/aromatic N) is 2. The zero-order valence-corrected chi connectivity index (χ0v) is 24.1. The standard InChI is InChI=1S/C29H40N4O7/c1-28(2,3)12-31-27(39)17-11-19(32(4)5)15-8-13-9-18-21(33(6)7)23(35)20(26(30)38)25(37)29(18,40)24(36)14(13)10-16(15)22(17)34/h11,13,18,21,34,36-37,40H,8-10,12H2,1-7H3,(H2,30,38)(H,31,39)/t13-,18-,21-,29-/m0/s1. The van der Waals surface area contributed by atoms with Gasteiger partial charge in [0.1, 0.15) is 22.8 Å². The molecule has 3 aliphatic carbocycles. The van der Waals surface area contributed by atoms with E-state index in [1.165, 1.54) is 0 Å². The van der Waals surface area contributed by atoms with Crippen molar-refractivity contribution in [3.8, 4) is 5.75 Å². The third-order valence-corrected chi connectivity index (χ3v) is 8.35. The second-order valence-corrected chi connectivity index (χ2v) is 12.8. The van der Waals surface area contributed by atoms with Gasteiger partial charge in [-0.05, 0) is 55.5 Å². The fourth-order valence-electron chi connectivity index (χ4n) is 6.40. The van der Waals surface area contributed by atoms with Crippen molar-refractivity contribution in [2.75, 3.05) is 39.6 Å². The number of benzene rings is 1. The molecule has 40 heavy (non-hydrogen) atoms. The molecule has 1 aromatic carbocycles. The van der Waals surface area contributed by atoms with Crippen LogP contribution in [-0.2, 0) is 22.4 Å². The summed E-state index contributed by atoms with van der Waals surface area (Å²) < 4.78 is 0. The minimum Gasteiger partial charge on any atom is -0.509 e. The zero-order valence-electron chi connectivity index (χ0n) is 24.1. The van der Waals surface area contributed by atoms with Crippen molar-refractivity contribution in [1.82, 2.24) is 10.2 Å². The molecule has 0 spiro atoms. The number of allylic oxidation sites excluding steroid dienone is 1. The predicted molar refractivity (Wildman–Crippen MR) is 149 cm³/mol. The fourth-order valence-corrected chi connectivity index (χ4v) is 6.40. The molecule has 0 saturated heterocycles. The van der Waals surface area contributed by atoms with Crippen molar-refractivity contribution in [3.63, 3.8) is 0 Å². The molecule has 0 saturated carbocycles. The van der Waals surface area contributed by atoms with E-state index in [1.54, 1.807) is 25.1 Å². The molecular weight excluding hydrogens is 516 g/mol. The smallest absolute Gasteiger partial charge is 0.255 e. The quantitative estimate of drug-likeness (QED) is 0.292.